The minimum atomic E-state index is -0.437. The first-order valence-electron chi connectivity index (χ1n) is 6.12. The highest BCUT2D eigenvalue weighted by Gasteiger charge is 2.12. The largest absolute Gasteiger partial charge is 0.491 e. The highest BCUT2D eigenvalue weighted by atomic mass is 32.1. The number of benzene rings is 1. The Labute approximate surface area is 116 Å². The van der Waals surface area contributed by atoms with E-state index in [0.717, 1.165) is 0 Å². The van der Waals surface area contributed by atoms with Crippen LogP contribution < -0.4 is 15.8 Å². The monoisotopic (exact) mass is 280 g/mol. The molecule has 0 aliphatic carbocycles. The fourth-order valence-electron chi connectivity index (χ4n) is 1.80. The Morgan fingerprint density at radius 3 is 2.89 bits per heavy atom. The molecule has 0 spiro atoms. The number of hydrogen-bond acceptors (Lipinski definition) is 4. The van der Waals surface area contributed by atoms with E-state index in [-0.39, 0.29) is 11.8 Å². The maximum atomic E-state index is 13.6. The van der Waals surface area contributed by atoms with Gasteiger partial charge in [0.05, 0.1) is 18.0 Å². The summed E-state index contributed by atoms with van der Waals surface area (Å²) in [5.41, 5.74) is 8.07. The van der Waals surface area contributed by atoms with E-state index in [1.807, 2.05) is 25.3 Å². The van der Waals surface area contributed by atoms with Crippen LogP contribution in [-0.2, 0) is 0 Å². The van der Waals surface area contributed by atoms with Crippen LogP contribution in [0.1, 0.15) is 25.5 Å². The average molecular weight is 280 g/mol. The van der Waals surface area contributed by atoms with Crippen LogP contribution in [-0.4, -0.2) is 6.61 Å². The van der Waals surface area contributed by atoms with Gasteiger partial charge < -0.3 is 15.8 Å². The van der Waals surface area contributed by atoms with E-state index in [2.05, 4.69) is 10.7 Å². The summed E-state index contributed by atoms with van der Waals surface area (Å²) in [6.45, 7) is 4.27. The average Bonchev–Trinajstić information content (AvgIpc) is 2.89. The van der Waals surface area contributed by atoms with Gasteiger partial charge in [0.25, 0.3) is 0 Å². The Hall–Kier alpha value is -1.75. The molecule has 0 fully saturated rings. The van der Waals surface area contributed by atoms with Gasteiger partial charge in [0.2, 0.25) is 0 Å². The molecule has 0 aliphatic heterocycles. The van der Waals surface area contributed by atoms with Crippen LogP contribution >= 0.6 is 11.3 Å². The van der Waals surface area contributed by atoms with E-state index < -0.39 is 5.82 Å². The van der Waals surface area contributed by atoms with Gasteiger partial charge in [0.15, 0.2) is 11.6 Å². The number of nitrogens with one attached hydrogen (secondary N) is 1. The fourth-order valence-corrected chi connectivity index (χ4v) is 2.55. The summed E-state index contributed by atoms with van der Waals surface area (Å²) in [6.07, 6.45) is 0. The first-order valence-corrected chi connectivity index (χ1v) is 7.06. The minimum Gasteiger partial charge on any atom is -0.491 e. The third kappa shape index (κ3) is 3.17. The maximum Gasteiger partial charge on any atom is 0.167 e. The molecule has 2 rings (SSSR count). The lowest BCUT2D eigenvalue weighted by Crippen LogP contribution is -2.08. The quantitative estimate of drug-likeness (QED) is 0.812. The van der Waals surface area contributed by atoms with Gasteiger partial charge in [-0.3, -0.25) is 0 Å². The Kier molecular flexibility index (Phi) is 4.27. The summed E-state index contributed by atoms with van der Waals surface area (Å²) in [5.74, 6) is -0.218. The summed E-state index contributed by atoms with van der Waals surface area (Å²) < 4.78 is 18.8. The number of halogens is 1. The Morgan fingerprint density at radius 1 is 1.47 bits per heavy atom. The second kappa shape index (κ2) is 5.93. The van der Waals surface area contributed by atoms with E-state index in [9.17, 15) is 4.39 Å². The Morgan fingerprint density at radius 2 is 2.26 bits per heavy atom. The molecule has 2 aromatic rings. The zero-order chi connectivity index (χ0) is 13.8. The van der Waals surface area contributed by atoms with E-state index in [1.165, 1.54) is 11.6 Å². The molecule has 5 heteroatoms. The van der Waals surface area contributed by atoms with E-state index in [4.69, 9.17) is 10.5 Å². The van der Waals surface area contributed by atoms with Crippen molar-refractivity contribution >= 4 is 22.7 Å². The molecule has 0 amide bonds. The van der Waals surface area contributed by atoms with Gasteiger partial charge in [-0.2, -0.15) is 11.3 Å². The summed E-state index contributed by atoms with van der Waals surface area (Å²) >= 11 is 1.64. The molecule has 0 aliphatic rings. The zero-order valence-corrected chi connectivity index (χ0v) is 11.8. The van der Waals surface area contributed by atoms with Crippen LogP contribution in [0.25, 0.3) is 0 Å². The van der Waals surface area contributed by atoms with Crippen molar-refractivity contribution in [2.75, 3.05) is 17.7 Å². The highest BCUT2D eigenvalue weighted by molar-refractivity contribution is 7.07. The van der Waals surface area contributed by atoms with Crippen LogP contribution in [0, 0.1) is 5.82 Å². The number of nitrogens with two attached hydrogens (primary N) is 1. The molecule has 0 bridgehead atoms. The third-order valence-electron chi connectivity index (χ3n) is 2.82. The predicted molar refractivity (Wildman–Crippen MR) is 78.3 cm³/mol. The molecule has 0 saturated heterocycles. The van der Waals surface area contributed by atoms with Gasteiger partial charge in [-0.1, -0.05) is 0 Å². The molecule has 19 heavy (non-hydrogen) atoms. The zero-order valence-electron chi connectivity index (χ0n) is 10.9. The van der Waals surface area contributed by atoms with E-state index >= 15 is 0 Å². The lowest BCUT2D eigenvalue weighted by Gasteiger charge is -2.17. The molecule has 1 atom stereocenters. The number of rotatable bonds is 5. The number of anilines is 2. The van der Waals surface area contributed by atoms with Crippen molar-refractivity contribution in [1.29, 1.82) is 0 Å². The van der Waals surface area contributed by atoms with Crippen molar-refractivity contribution in [1.82, 2.24) is 0 Å². The summed E-state index contributed by atoms with van der Waals surface area (Å²) in [7, 11) is 0. The lowest BCUT2D eigenvalue weighted by molar-refractivity contribution is 0.322. The molecular formula is C14H17FN2OS. The summed E-state index contributed by atoms with van der Waals surface area (Å²) in [5, 5.41) is 7.36. The van der Waals surface area contributed by atoms with Crippen molar-refractivity contribution in [2.24, 2.45) is 0 Å². The minimum absolute atomic E-state index is 0.105. The molecule has 3 N–H and O–H groups in total. The van der Waals surface area contributed by atoms with Gasteiger partial charge >= 0.3 is 0 Å². The topological polar surface area (TPSA) is 47.3 Å². The normalized spacial score (nSPS) is 12.2. The van der Waals surface area contributed by atoms with Gasteiger partial charge in [0, 0.05) is 18.2 Å². The molecule has 1 heterocycles. The van der Waals surface area contributed by atoms with Gasteiger partial charge in [-0.05, 0) is 36.2 Å². The number of nitrogen functional groups attached to an aromatic ring is 1. The standard InChI is InChI=1S/C14H17FN2OS/c1-3-18-14-7-13(12(16)6-11(14)15)17-9(2)10-4-5-19-8-10/h4-9,17H,3,16H2,1-2H3. The van der Waals surface area contributed by atoms with Gasteiger partial charge in [0.1, 0.15) is 0 Å². The summed E-state index contributed by atoms with van der Waals surface area (Å²) in [4.78, 5) is 0. The van der Waals surface area contributed by atoms with Crippen LogP contribution in [0.2, 0.25) is 0 Å². The number of thiophene rings is 1. The van der Waals surface area contributed by atoms with Crippen molar-refractivity contribution in [3.05, 3.63) is 40.3 Å². The van der Waals surface area contributed by atoms with Crippen molar-refractivity contribution in [3.63, 3.8) is 0 Å². The first kappa shape index (κ1) is 13.7. The molecule has 1 aromatic heterocycles. The van der Waals surface area contributed by atoms with Crippen LogP contribution in [0.5, 0.6) is 5.75 Å². The van der Waals surface area contributed by atoms with Crippen LogP contribution in [0.4, 0.5) is 15.8 Å². The fraction of sp³-hybridized carbons (Fsp3) is 0.286. The first-order chi connectivity index (χ1) is 9.11. The second-order valence-electron chi connectivity index (χ2n) is 4.23. The van der Waals surface area contributed by atoms with Crippen molar-refractivity contribution in [3.8, 4) is 5.75 Å². The number of hydrogen-bond donors (Lipinski definition) is 2. The molecule has 0 radical (unpaired) electrons. The highest BCUT2D eigenvalue weighted by Crippen LogP contribution is 2.31. The van der Waals surface area contributed by atoms with Crippen LogP contribution in [0.15, 0.2) is 29.0 Å². The molecule has 3 nitrogen and oxygen atoms in total. The predicted octanol–water partition coefficient (Wildman–Crippen LogP) is 4.04. The Bertz CT molecular complexity index is 543. The summed E-state index contributed by atoms with van der Waals surface area (Å²) in [6, 6.07) is 5.05. The third-order valence-corrected chi connectivity index (χ3v) is 3.52. The number of ether oxygens (including phenoxy) is 1. The SMILES string of the molecule is CCOc1cc(NC(C)c2ccsc2)c(N)cc1F. The van der Waals surface area contributed by atoms with Crippen LogP contribution in [0.3, 0.4) is 0 Å². The van der Waals surface area contributed by atoms with Gasteiger partial charge in [-0.25, -0.2) is 4.39 Å². The van der Waals surface area contributed by atoms with E-state index in [1.54, 1.807) is 17.4 Å². The van der Waals surface area contributed by atoms with Crippen molar-refractivity contribution < 1.29 is 9.13 Å². The molecule has 102 valence electrons. The van der Waals surface area contributed by atoms with Gasteiger partial charge in [-0.15, -0.1) is 0 Å². The molecular weight excluding hydrogens is 263 g/mol. The molecule has 1 aromatic carbocycles. The smallest absolute Gasteiger partial charge is 0.167 e. The van der Waals surface area contributed by atoms with E-state index in [0.29, 0.717) is 18.0 Å². The lowest BCUT2D eigenvalue weighted by atomic mass is 10.1. The second-order valence-corrected chi connectivity index (χ2v) is 5.01. The molecule has 0 saturated carbocycles. The molecule has 1 unspecified atom stereocenters. The van der Waals surface area contributed by atoms with Crippen molar-refractivity contribution in [2.45, 2.75) is 19.9 Å². The Balaban J connectivity index is 2.22. The maximum absolute atomic E-state index is 13.6.